The number of hydrogen-bond acceptors (Lipinski definition) is 0. The molecule has 0 heterocycles. The van der Waals surface area contributed by atoms with E-state index in [0.717, 1.165) is 18.4 Å². The lowest BCUT2D eigenvalue weighted by Gasteiger charge is -1.96. The highest BCUT2D eigenvalue weighted by Crippen LogP contribution is 2.40. The third kappa shape index (κ3) is 1.39. The van der Waals surface area contributed by atoms with Gasteiger partial charge in [-0.2, -0.15) is 0 Å². The molecule has 2 heteroatoms. The highest BCUT2D eigenvalue weighted by molar-refractivity contribution is 5.24. The molecule has 0 saturated heterocycles. The minimum atomic E-state index is -0.591. The van der Waals surface area contributed by atoms with E-state index in [4.69, 9.17) is 0 Å². The Balaban J connectivity index is 2.39. The number of halogens is 2. The van der Waals surface area contributed by atoms with E-state index < -0.39 is 11.6 Å². The summed E-state index contributed by atoms with van der Waals surface area (Å²) in [5.41, 5.74) is 0.777. The van der Waals surface area contributed by atoms with E-state index in [0.29, 0.717) is 5.92 Å². The number of rotatable bonds is 1. The summed E-state index contributed by atoms with van der Waals surface area (Å²) in [5.74, 6) is -0.785. The van der Waals surface area contributed by atoms with Crippen molar-refractivity contribution in [3.05, 3.63) is 35.4 Å². The predicted molar refractivity (Wildman–Crippen MR) is 37.2 cm³/mol. The van der Waals surface area contributed by atoms with Gasteiger partial charge in [0.05, 0.1) is 6.07 Å². The van der Waals surface area contributed by atoms with E-state index in [1.54, 1.807) is 0 Å². The summed E-state index contributed by atoms with van der Waals surface area (Å²) < 4.78 is 25.0. The van der Waals surface area contributed by atoms with E-state index in [1.165, 1.54) is 12.1 Å². The second-order valence-corrected chi connectivity index (χ2v) is 2.88. The molecule has 1 aromatic rings. The Morgan fingerprint density at radius 1 is 1.18 bits per heavy atom. The van der Waals surface area contributed by atoms with Crippen molar-refractivity contribution in [3.63, 3.8) is 0 Å². The van der Waals surface area contributed by atoms with Crippen LogP contribution in [0.25, 0.3) is 0 Å². The SMILES string of the molecule is Fc1[c]c(F)cc(C2CC2)c1. The third-order valence-electron chi connectivity index (χ3n) is 1.87. The maximum Gasteiger partial charge on any atom is 0.134 e. The van der Waals surface area contributed by atoms with Gasteiger partial charge in [-0.15, -0.1) is 0 Å². The van der Waals surface area contributed by atoms with Crippen LogP contribution < -0.4 is 0 Å². The van der Waals surface area contributed by atoms with E-state index >= 15 is 0 Å². The molecule has 0 aromatic heterocycles. The summed E-state index contributed by atoms with van der Waals surface area (Å²) in [7, 11) is 0. The average molecular weight is 153 g/mol. The molecule has 0 unspecified atom stereocenters. The van der Waals surface area contributed by atoms with Crippen molar-refractivity contribution in [2.24, 2.45) is 0 Å². The molecule has 1 aliphatic rings. The van der Waals surface area contributed by atoms with Gasteiger partial charge in [-0.3, -0.25) is 0 Å². The van der Waals surface area contributed by atoms with Crippen LogP contribution in [0.5, 0.6) is 0 Å². The van der Waals surface area contributed by atoms with Gasteiger partial charge < -0.3 is 0 Å². The molecular formula is C9H7F2. The molecule has 0 spiro atoms. The van der Waals surface area contributed by atoms with E-state index in [2.05, 4.69) is 0 Å². The van der Waals surface area contributed by atoms with Gasteiger partial charge >= 0.3 is 0 Å². The first-order valence-electron chi connectivity index (χ1n) is 3.64. The monoisotopic (exact) mass is 153 g/mol. The van der Waals surface area contributed by atoms with Crippen LogP contribution in [0.1, 0.15) is 24.3 Å². The van der Waals surface area contributed by atoms with Crippen LogP contribution in [-0.2, 0) is 0 Å². The maximum atomic E-state index is 12.5. The molecule has 57 valence electrons. The molecule has 1 radical (unpaired) electrons. The predicted octanol–water partition coefficient (Wildman–Crippen LogP) is 2.64. The lowest BCUT2D eigenvalue weighted by molar-refractivity contribution is 0.576. The zero-order valence-electron chi connectivity index (χ0n) is 5.90. The molecule has 2 rings (SSSR count). The number of benzene rings is 1. The Morgan fingerprint density at radius 2 is 1.73 bits per heavy atom. The largest absolute Gasteiger partial charge is 0.206 e. The molecular weight excluding hydrogens is 146 g/mol. The van der Waals surface area contributed by atoms with Gasteiger partial charge in [0.25, 0.3) is 0 Å². The van der Waals surface area contributed by atoms with Crippen LogP contribution in [0.4, 0.5) is 8.78 Å². The molecule has 0 amide bonds. The smallest absolute Gasteiger partial charge is 0.134 e. The first kappa shape index (κ1) is 6.77. The quantitative estimate of drug-likeness (QED) is 0.581. The number of hydrogen-bond donors (Lipinski definition) is 0. The summed E-state index contributed by atoms with van der Waals surface area (Å²) in [4.78, 5) is 0. The first-order chi connectivity index (χ1) is 5.25. The van der Waals surface area contributed by atoms with Gasteiger partial charge in [-0.25, -0.2) is 8.78 Å². The zero-order valence-corrected chi connectivity index (χ0v) is 5.90. The molecule has 0 N–H and O–H groups in total. The van der Waals surface area contributed by atoms with Crippen molar-refractivity contribution >= 4 is 0 Å². The fourth-order valence-corrected chi connectivity index (χ4v) is 1.17. The summed E-state index contributed by atoms with van der Waals surface area (Å²) in [6, 6.07) is 4.68. The van der Waals surface area contributed by atoms with Gasteiger partial charge in [-0.05, 0) is 36.5 Å². The summed E-state index contributed by atoms with van der Waals surface area (Å²) in [6.07, 6.45) is 2.12. The van der Waals surface area contributed by atoms with Gasteiger partial charge in [0.15, 0.2) is 0 Å². The first-order valence-corrected chi connectivity index (χ1v) is 3.64. The fourth-order valence-electron chi connectivity index (χ4n) is 1.17. The van der Waals surface area contributed by atoms with Gasteiger partial charge in [0.1, 0.15) is 11.6 Å². The summed E-state index contributed by atoms with van der Waals surface area (Å²) >= 11 is 0. The van der Waals surface area contributed by atoms with Crippen molar-refractivity contribution in [1.82, 2.24) is 0 Å². The van der Waals surface area contributed by atoms with Gasteiger partial charge in [-0.1, -0.05) is 0 Å². The minimum absolute atomic E-state index is 0.397. The van der Waals surface area contributed by atoms with Crippen LogP contribution in [0.3, 0.4) is 0 Å². The molecule has 0 atom stereocenters. The minimum Gasteiger partial charge on any atom is -0.206 e. The second kappa shape index (κ2) is 2.29. The van der Waals surface area contributed by atoms with Crippen LogP contribution in [0.2, 0.25) is 0 Å². The van der Waals surface area contributed by atoms with Crippen LogP contribution >= 0.6 is 0 Å². The lowest BCUT2D eigenvalue weighted by Crippen LogP contribution is -1.85. The Hall–Kier alpha value is -0.920. The fraction of sp³-hybridized carbons (Fsp3) is 0.333. The highest BCUT2D eigenvalue weighted by Gasteiger charge is 2.24. The second-order valence-electron chi connectivity index (χ2n) is 2.88. The Morgan fingerprint density at radius 3 is 2.18 bits per heavy atom. The summed E-state index contributed by atoms with van der Waals surface area (Å²) in [6.45, 7) is 0. The molecule has 0 bridgehead atoms. The molecule has 1 aliphatic carbocycles. The highest BCUT2D eigenvalue weighted by atomic mass is 19.1. The topological polar surface area (TPSA) is 0 Å². The van der Waals surface area contributed by atoms with Crippen molar-refractivity contribution < 1.29 is 8.78 Å². The average Bonchev–Trinajstić information content (AvgIpc) is 2.64. The van der Waals surface area contributed by atoms with Crippen LogP contribution in [0.15, 0.2) is 12.1 Å². The summed E-state index contributed by atoms with van der Waals surface area (Å²) in [5, 5.41) is 0. The van der Waals surface area contributed by atoms with Crippen LogP contribution in [0, 0.1) is 17.7 Å². The molecule has 1 saturated carbocycles. The van der Waals surface area contributed by atoms with E-state index in [9.17, 15) is 8.78 Å². The lowest BCUT2D eigenvalue weighted by atomic mass is 10.1. The van der Waals surface area contributed by atoms with Crippen molar-refractivity contribution in [2.75, 3.05) is 0 Å². The van der Waals surface area contributed by atoms with Crippen molar-refractivity contribution in [2.45, 2.75) is 18.8 Å². The van der Waals surface area contributed by atoms with E-state index in [1.807, 2.05) is 6.07 Å². The van der Waals surface area contributed by atoms with Crippen LogP contribution in [-0.4, -0.2) is 0 Å². The Kier molecular flexibility index (Phi) is 1.41. The zero-order chi connectivity index (χ0) is 7.84. The Bertz CT molecular complexity index is 257. The molecule has 0 nitrogen and oxygen atoms in total. The normalized spacial score (nSPS) is 16.9. The molecule has 0 aliphatic heterocycles. The molecule has 1 aromatic carbocycles. The van der Waals surface area contributed by atoms with Gasteiger partial charge in [0.2, 0.25) is 0 Å². The van der Waals surface area contributed by atoms with Crippen molar-refractivity contribution in [3.8, 4) is 0 Å². The van der Waals surface area contributed by atoms with E-state index in [-0.39, 0.29) is 0 Å². The molecule has 11 heavy (non-hydrogen) atoms. The Labute approximate surface area is 63.9 Å². The third-order valence-corrected chi connectivity index (χ3v) is 1.87. The maximum absolute atomic E-state index is 12.5. The van der Waals surface area contributed by atoms with Gasteiger partial charge in [0, 0.05) is 0 Å². The standard InChI is InChI=1S/C9H7F2/c10-8-3-7(6-1-2-6)4-9(11)5-8/h3-4,6H,1-2H2. The molecule has 1 fully saturated rings. The van der Waals surface area contributed by atoms with Crippen molar-refractivity contribution in [1.29, 1.82) is 0 Å².